The summed E-state index contributed by atoms with van der Waals surface area (Å²) in [6.45, 7) is 1.16. The number of amides is 2. The number of hydrogen-bond acceptors (Lipinski definition) is 12. The number of aromatic nitrogens is 2. The lowest BCUT2D eigenvalue weighted by atomic mass is 10.1. The van der Waals surface area contributed by atoms with Gasteiger partial charge in [0.15, 0.2) is 5.13 Å². The maximum absolute atomic E-state index is 13.0. The van der Waals surface area contributed by atoms with Crippen molar-refractivity contribution in [2.75, 3.05) is 18.0 Å². The number of carboxylic acids is 1. The largest absolute Gasteiger partial charge is 0.512 e. The third-order valence-electron chi connectivity index (χ3n) is 4.99. The Morgan fingerprint density at radius 3 is 2.72 bits per heavy atom. The highest BCUT2D eigenvalue weighted by molar-refractivity contribution is 8.00. The smallest absolute Gasteiger partial charge is 0.480 e. The van der Waals surface area contributed by atoms with Crippen molar-refractivity contribution >= 4 is 75.3 Å². The van der Waals surface area contributed by atoms with Crippen LogP contribution in [0.15, 0.2) is 33.4 Å². The van der Waals surface area contributed by atoms with Crippen LogP contribution in [0.2, 0.25) is 0 Å². The summed E-state index contributed by atoms with van der Waals surface area (Å²) in [5, 5.41) is 21.7. The molecule has 0 spiro atoms. The highest BCUT2D eigenvalue weighted by Crippen LogP contribution is 2.41. The molecule has 0 aromatic carbocycles. The van der Waals surface area contributed by atoms with E-state index in [0.717, 1.165) is 21.9 Å². The number of nitrogens with zero attached hydrogens (tertiary/aromatic N) is 4. The van der Waals surface area contributed by atoms with Gasteiger partial charge in [0.2, 0.25) is 5.88 Å². The van der Waals surface area contributed by atoms with E-state index in [9.17, 15) is 24.3 Å². The fraction of sp³-hybridized carbons (Fsp3) is 0.250. The minimum absolute atomic E-state index is 0.0803. The molecule has 188 valence electrons. The van der Waals surface area contributed by atoms with Crippen LogP contribution in [0.25, 0.3) is 6.08 Å². The van der Waals surface area contributed by atoms with Crippen molar-refractivity contribution < 1.29 is 34.1 Å². The number of fused-ring (bicyclic) bond motifs is 1. The number of rotatable bonds is 8. The molecule has 13 nitrogen and oxygen atoms in total. The molecule has 2 amide bonds. The van der Waals surface area contributed by atoms with Crippen molar-refractivity contribution in [3.8, 4) is 0 Å². The van der Waals surface area contributed by atoms with Crippen LogP contribution >= 0.6 is 34.4 Å². The first-order chi connectivity index (χ1) is 17.2. The van der Waals surface area contributed by atoms with Gasteiger partial charge in [-0.2, -0.15) is 0 Å². The van der Waals surface area contributed by atoms with E-state index >= 15 is 0 Å². The van der Waals surface area contributed by atoms with E-state index in [-0.39, 0.29) is 22.4 Å². The quantitative estimate of drug-likeness (QED) is 0.210. The molecular weight excluding hydrogens is 532 g/mol. The van der Waals surface area contributed by atoms with Crippen LogP contribution in [0.4, 0.5) is 9.93 Å². The lowest BCUT2D eigenvalue weighted by Gasteiger charge is -2.48. The molecule has 0 radical (unpaired) electrons. The van der Waals surface area contributed by atoms with Crippen molar-refractivity contribution in [1.82, 2.24) is 20.2 Å². The third-order valence-corrected chi connectivity index (χ3v) is 7.86. The lowest BCUT2D eigenvalue weighted by Crippen LogP contribution is -2.70. The van der Waals surface area contributed by atoms with Gasteiger partial charge >= 0.3 is 12.1 Å². The fourth-order valence-electron chi connectivity index (χ4n) is 3.36. The van der Waals surface area contributed by atoms with Gasteiger partial charge in [-0.05, 0) is 13.0 Å². The van der Waals surface area contributed by atoms with E-state index in [1.165, 1.54) is 33.4 Å². The standard InChI is InChI=1S/C20H18N6O7S3/c1-8-11(36-7-23-8)3-2-9-5-34-18-14(16(30)26(18)17(9)33-20(31)32)25-15(29)13(22-4-12(27)28)10-6-35-19(21)24-10/h2-3,6-7,14,18H,4-5H2,1H3,(H2,21,24)(H,25,29)(H,27,28)(H,31,32)/t14?,18-/m0/s1. The van der Waals surface area contributed by atoms with E-state index in [4.69, 9.17) is 15.6 Å². The molecule has 2 aromatic heterocycles. The average Bonchev–Trinajstić information content (AvgIpc) is 3.43. The summed E-state index contributed by atoms with van der Waals surface area (Å²) < 4.78 is 4.95. The Morgan fingerprint density at radius 1 is 1.33 bits per heavy atom. The van der Waals surface area contributed by atoms with Crippen molar-refractivity contribution in [2.45, 2.75) is 18.3 Å². The first-order valence-electron chi connectivity index (χ1n) is 10.1. The van der Waals surface area contributed by atoms with Crippen molar-refractivity contribution in [1.29, 1.82) is 0 Å². The number of aliphatic carboxylic acids is 1. The zero-order valence-electron chi connectivity index (χ0n) is 18.4. The van der Waals surface area contributed by atoms with Crippen molar-refractivity contribution in [3.63, 3.8) is 0 Å². The molecule has 36 heavy (non-hydrogen) atoms. The van der Waals surface area contributed by atoms with Crippen LogP contribution in [0.1, 0.15) is 16.3 Å². The molecule has 2 atom stereocenters. The maximum atomic E-state index is 13.0. The molecule has 2 aliphatic rings. The van der Waals surface area contributed by atoms with Crippen LogP contribution in [0.3, 0.4) is 0 Å². The molecule has 1 unspecified atom stereocenters. The Hall–Kier alpha value is -3.76. The van der Waals surface area contributed by atoms with Gasteiger partial charge < -0.3 is 26.0 Å². The number of hydrogen-bond donors (Lipinski definition) is 4. The minimum atomic E-state index is -1.58. The zero-order chi connectivity index (χ0) is 26.0. The number of carbonyl (C=O) groups is 4. The van der Waals surface area contributed by atoms with Gasteiger partial charge in [0, 0.05) is 21.6 Å². The molecule has 0 saturated carbocycles. The molecule has 1 saturated heterocycles. The highest BCUT2D eigenvalue weighted by Gasteiger charge is 2.54. The number of thioether (sulfide) groups is 1. The summed E-state index contributed by atoms with van der Waals surface area (Å²) in [6, 6.07) is -1.02. The number of carbonyl (C=O) groups excluding carboxylic acids is 2. The summed E-state index contributed by atoms with van der Waals surface area (Å²) in [7, 11) is 0. The second-order valence-corrected chi connectivity index (χ2v) is 10.2. The zero-order valence-corrected chi connectivity index (χ0v) is 20.9. The van der Waals surface area contributed by atoms with Gasteiger partial charge in [-0.25, -0.2) is 14.8 Å². The number of aryl methyl sites for hydroxylation is 1. The van der Waals surface area contributed by atoms with Crippen LogP contribution in [-0.2, 0) is 19.1 Å². The second kappa shape index (κ2) is 10.5. The van der Waals surface area contributed by atoms with Gasteiger partial charge in [0.1, 0.15) is 29.4 Å². The summed E-state index contributed by atoms with van der Waals surface area (Å²) >= 11 is 3.76. The third kappa shape index (κ3) is 5.24. The molecule has 16 heteroatoms. The number of nitrogens with two attached hydrogens (primary N) is 1. The van der Waals surface area contributed by atoms with Crippen LogP contribution in [0, 0.1) is 6.92 Å². The molecule has 5 N–H and O–H groups in total. The van der Waals surface area contributed by atoms with E-state index in [0.29, 0.717) is 11.3 Å². The monoisotopic (exact) mass is 550 g/mol. The minimum Gasteiger partial charge on any atom is -0.480 e. The average molecular weight is 551 g/mol. The van der Waals surface area contributed by atoms with Gasteiger partial charge in [-0.1, -0.05) is 6.08 Å². The Bertz CT molecular complexity index is 1330. The van der Waals surface area contributed by atoms with Crippen LogP contribution in [0.5, 0.6) is 0 Å². The molecule has 2 aliphatic heterocycles. The fourth-order valence-corrected chi connectivity index (χ4v) is 5.90. The predicted octanol–water partition coefficient (Wildman–Crippen LogP) is 1.38. The molecule has 0 bridgehead atoms. The number of aliphatic imine (C=N–C) groups is 1. The molecule has 4 heterocycles. The Kier molecular flexibility index (Phi) is 7.37. The number of thiazole rings is 2. The summed E-state index contributed by atoms with van der Waals surface area (Å²) in [4.78, 5) is 62.2. The first kappa shape index (κ1) is 25.3. The van der Waals surface area contributed by atoms with Gasteiger partial charge in [-0.15, -0.1) is 34.4 Å². The number of carboxylic acid groups (broad SMARTS) is 2. The lowest BCUT2D eigenvalue weighted by molar-refractivity contribution is -0.148. The van der Waals surface area contributed by atoms with Crippen LogP contribution in [-0.4, -0.2) is 78.4 Å². The summed E-state index contributed by atoms with van der Waals surface area (Å²) in [5.41, 5.74) is 8.39. The number of anilines is 1. The number of allylic oxidation sites excluding steroid dienone is 1. The topological polar surface area (TPSA) is 197 Å². The molecular formula is C20H18N6O7S3. The predicted molar refractivity (Wildman–Crippen MR) is 133 cm³/mol. The first-order valence-corrected chi connectivity index (χ1v) is 12.9. The number of nitrogen functional groups attached to an aromatic ring is 1. The molecule has 1 fully saturated rings. The normalized spacial score (nSPS) is 19.8. The van der Waals surface area contributed by atoms with Gasteiger partial charge in [0.05, 0.1) is 11.2 Å². The SMILES string of the molecule is Cc1ncsc1C=CC1=C(OC(=O)O)N2C(=O)C(NC(=O)C(=NCC(=O)O)c3csc(N)n3)[C@@H]2SC1. The summed E-state index contributed by atoms with van der Waals surface area (Å²) in [6.07, 6.45) is 1.85. The van der Waals surface area contributed by atoms with E-state index in [1.54, 1.807) is 17.7 Å². The Labute approximate surface area is 215 Å². The highest BCUT2D eigenvalue weighted by atomic mass is 32.2. The maximum Gasteiger partial charge on any atom is 0.512 e. The number of ether oxygens (including phenoxy) is 1. The van der Waals surface area contributed by atoms with Crippen molar-refractivity contribution in [3.05, 3.63) is 44.7 Å². The second-order valence-electron chi connectivity index (χ2n) is 7.32. The Balaban J connectivity index is 1.55. The van der Waals surface area contributed by atoms with E-state index < -0.39 is 41.9 Å². The Morgan fingerprint density at radius 2 is 2.11 bits per heavy atom. The van der Waals surface area contributed by atoms with Gasteiger partial charge in [-0.3, -0.25) is 24.3 Å². The molecule has 4 rings (SSSR count). The molecule has 2 aromatic rings. The summed E-state index contributed by atoms with van der Waals surface area (Å²) in [5.74, 6) is -2.48. The van der Waals surface area contributed by atoms with Crippen molar-refractivity contribution in [2.24, 2.45) is 4.99 Å². The number of β-lactam (4-membered cyclic amide) rings is 1. The van der Waals surface area contributed by atoms with E-state index in [2.05, 4.69) is 20.3 Å². The van der Waals surface area contributed by atoms with Gasteiger partial charge in [0.25, 0.3) is 11.8 Å². The number of nitrogens with one attached hydrogen (secondary N) is 1. The van der Waals surface area contributed by atoms with Crippen LogP contribution < -0.4 is 11.1 Å². The molecule has 0 aliphatic carbocycles. The van der Waals surface area contributed by atoms with E-state index in [1.807, 2.05) is 6.92 Å².